The fourth-order valence-electron chi connectivity index (χ4n) is 2.22. The first-order valence-electron chi connectivity index (χ1n) is 8.30. The summed E-state index contributed by atoms with van der Waals surface area (Å²) in [5.41, 5.74) is 1.60. The lowest BCUT2D eigenvalue weighted by Gasteiger charge is -2.14. The van der Waals surface area contributed by atoms with E-state index in [9.17, 15) is 9.90 Å². The van der Waals surface area contributed by atoms with E-state index in [1.807, 2.05) is 25.1 Å². The number of nitrogens with zero attached hydrogens (tertiary/aromatic N) is 1. The number of amides is 1. The van der Waals surface area contributed by atoms with E-state index in [-0.39, 0.29) is 5.91 Å². The summed E-state index contributed by atoms with van der Waals surface area (Å²) in [6.45, 7) is 3.48. The smallest absolute Gasteiger partial charge is 0.251 e. The van der Waals surface area contributed by atoms with Gasteiger partial charge in [-0.2, -0.15) is 0 Å². The highest BCUT2D eigenvalue weighted by atomic mass is 35.5. The molecule has 1 unspecified atom stereocenters. The second-order valence-electron chi connectivity index (χ2n) is 5.51. The van der Waals surface area contributed by atoms with E-state index in [2.05, 4.69) is 20.9 Å². The fourth-order valence-corrected chi connectivity index (χ4v) is 3.27. The zero-order valence-corrected chi connectivity index (χ0v) is 16.3. The standard InChI is InChI=1S/C18H23ClN4O2S/c1-3-21-18(23-11-14(24)15-8-9-16(19)26-15)22-10-12-4-6-13(7-5-12)17(25)20-2/h4-9,14,24H,3,10-11H2,1-2H3,(H,20,25)(H2,21,22,23). The van der Waals surface area contributed by atoms with Crippen LogP contribution in [0.3, 0.4) is 0 Å². The quantitative estimate of drug-likeness (QED) is 0.429. The van der Waals surface area contributed by atoms with Crippen molar-refractivity contribution in [2.24, 2.45) is 4.99 Å². The molecule has 2 aromatic rings. The van der Waals surface area contributed by atoms with Gasteiger partial charge in [0.25, 0.3) is 5.91 Å². The number of nitrogens with one attached hydrogen (secondary N) is 3. The first kappa shape index (κ1) is 20.2. The zero-order chi connectivity index (χ0) is 18.9. The van der Waals surface area contributed by atoms with Crippen molar-refractivity contribution >= 4 is 34.8 Å². The highest BCUT2D eigenvalue weighted by Gasteiger charge is 2.11. The van der Waals surface area contributed by atoms with Crippen LogP contribution < -0.4 is 16.0 Å². The van der Waals surface area contributed by atoms with Gasteiger partial charge in [-0.3, -0.25) is 4.79 Å². The van der Waals surface area contributed by atoms with E-state index in [1.165, 1.54) is 11.3 Å². The number of guanidine groups is 1. The maximum absolute atomic E-state index is 11.6. The largest absolute Gasteiger partial charge is 0.386 e. The van der Waals surface area contributed by atoms with Crippen LogP contribution in [0, 0.1) is 0 Å². The van der Waals surface area contributed by atoms with Gasteiger partial charge in [-0.15, -0.1) is 11.3 Å². The lowest BCUT2D eigenvalue weighted by atomic mass is 10.1. The maximum atomic E-state index is 11.6. The minimum atomic E-state index is -0.650. The number of carbonyl (C=O) groups excluding carboxylic acids is 1. The van der Waals surface area contributed by atoms with Crippen molar-refractivity contribution in [3.05, 3.63) is 56.7 Å². The van der Waals surface area contributed by atoms with Gasteiger partial charge >= 0.3 is 0 Å². The molecule has 0 saturated heterocycles. The normalized spacial score (nSPS) is 12.5. The van der Waals surface area contributed by atoms with Crippen LogP contribution >= 0.6 is 22.9 Å². The molecule has 0 spiro atoms. The average molecular weight is 395 g/mol. The second-order valence-corrected chi connectivity index (χ2v) is 7.26. The molecule has 1 aromatic carbocycles. The van der Waals surface area contributed by atoms with Gasteiger partial charge in [0.1, 0.15) is 6.10 Å². The minimum Gasteiger partial charge on any atom is -0.386 e. The number of hydrogen-bond donors (Lipinski definition) is 4. The summed E-state index contributed by atoms with van der Waals surface area (Å²) in [6, 6.07) is 10.9. The highest BCUT2D eigenvalue weighted by molar-refractivity contribution is 7.16. The summed E-state index contributed by atoms with van der Waals surface area (Å²) >= 11 is 7.26. The number of rotatable bonds is 7. The van der Waals surface area contributed by atoms with Crippen molar-refractivity contribution in [1.29, 1.82) is 0 Å². The van der Waals surface area contributed by atoms with Crippen molar-refractivity contribution in [3.63, 3.8) is 0 Å². The van der Waals surface area contributed by atoms with Gasteiger partial charge in [-0.1, -0.05) is 23.7 Å². The molecule has 0 aliphatic carbocycles. The van der Waals surface area contributed by atoms with Crippen LogP contribution in [0.2, 0.25) is 4.34 Å². The van der Waals surface area contributed by atoms with Gasteiger partial charge in [0.15, 0.2) is 5.96 Å². The van der Waals surface area contributed by atoms with Gasteiger partial charge < -0.3 is 21.1 Å². The van der Waals surface area contributed by atoms with Crippen molar-refractivity contribution in [2.75, 3.05) is 20.1 Å². The zero-order valence-electron chi connectivity index (χ0n) is 14.8. The molecule has 1 heterocycles. The van der Waals surface area contributed by atoms with Gasteiger partial charge in [0.2, 0.25) is 0 Å². The van der Waals surface area contributed by atoms with E-state index in [4.69, 9.17) is 11.6 Å². The van der Waals surface area contributed by atoms with E-state index in [1.54, 1.807) is 25.2 Å². The number of carbonyl (C=O) groups is 1. The van der Waals surface area contributed by atoms with Gasteiger partial charge in [-0.05, 0) is 36.8 Å². The maximum Gasteiger partial charge on any atom is 0.251 e. The lowest BCUT2D eigenvalue weighted by molar-refractivity contribution is 0.0963. The summed E-state index contributed by atoms with van der Waals surface area (Å²) in [5, 5.41) is 19.1. The molecule has 140 valence electrons. The van der Waals surface area contributed by atoms with E-state index in [0.29, 0.717) is 35.5 Å². The number of thiophene rings is 1. The third-order valence-electron chi connectivity index (χ3n) is 3.59. The van der Waals surface area contributed by atoms with Crippen LogP contribution in [0.15, 0.2) is 41.4 Å². The Morgan fingerprint density at radius 3 is 2.54 bits per heavy atom. The molecule has 1 atom stereocenters. The molecule has 1 aromatic heterocycles. The van der Waals surface area contributed by atoms with Crippen LogP contribution in [-0.4, -0.2) is 37.1 Å². The predicted octanol–water partition coefficient (Wildman–Crippen LogP) is 2.55. The van der Waals surface area contributed by atoms with Gasteiger partial charge in [0, 0.05) is 30.6 Å². The molecule has 6 nitrogen and oxygen atoms in total. The molecule has 0 aliphatic heterocycles. The molecule has 1 amide bonds. The molecule has 8 heteroatoms. The average Bonchev–Trinajstić information content (AvgIpc) is 3.10. The number of halogens is 1. The number of aliphatic imine (C=N–C) groups is 1. The highest BCUT2D eigenvalue weighted by Crippen LogP contribution is 2.26. The Kier molecular flexibility index (Phi) is 7.90. The number of hydrogen-bond acceptors (Lipinski definition) is 4. The van der Waals surface area contributed by atoms with Crippen molar-refractivity contribution < 1.29 is 9.90 Å². The molecule has 0 aliphatic rings. The molecule has 26 heavy (non-hydrogen) atoms. The third-order valence-corrected chi connectivity index (χ3v) is 4.92. The second kappa shape index (κ2) is 10.2. The Labute approximate surface area is 162 Å². The molecular weight excluding hydrogens is 372 g/mol. The van der Waals surface area contributed by atoms with Crippen molar-refractivity contribution in [3.8, 4) is 0 Å². The molecular formula is C18H23ClN4O2S. The molecule has 0 radical (unpaired) electrons. The molecule has 4 N–H and O–H groups in total. The molecule has 0 bridgehead atoms. The Morgan fingerprint density at radius 2 is 1.96 bits per heavy atom. The summed E-state index contributed by atoms with van der Waals surface area (Å²) in [4.78, 5) is 16.9. The van der Waals surface area contributed by atoms with E-state index < -0.39 is 6.10 Å². The van der Waals surface area contributed by atoms with Gasteiger partial charge in [-0.25, -0.2) is 4.99 Å². The summed E-state index contributed by atoms with van der Waals surface area (Å²) in [7, 11) is 1.60. The minimum absolute atomic E-state index is 0.113. The predicted molar refractivity (Wildman–Crippen MR) is 107 cm³/mol. The van der Waals surface area contributed by atoms with Crippen LogP contribution in [-0.2, 0) is 6.54 Å². The van der Waals surface area contributed by atoms with Crippen molar-refractivity contribution in [1.82, 2.24) is 16.0 Å². The lowest BCUT2D eigenvalue weighted by Crippen LogP contribution is -2.39. The Balaban J connectivity index is 1.94. The Morgan fingerprint density at radius 1 is 1.23 bits per heavy atom. The Bertz CT molecular complexity index is 746. The molecule has 0 saturated carbocycles. The van der Waals surface area contributed by atoms with Crippen LogP contribution in [0.5, 0.6) is 0 Å². The third kappa shape index (κ3) is 6.01. The van der Waals surface area contributed by atoms with Crippen LogP contribution in [0.1, 0.15) is 33.8 Å². The number of benzene rings is 1. The number of aliphatic hydroxyl groups excluding tert-OH is 1. The van der Waals surface area contributed by atoms with Crippen LogP contribution in [0.25, 0.3) is 0 Å². The topological polar surface area (TPSA) is 85.8 Å². The van der Waals surface area contributed by atoms with E-state index in [0.717, 1.165) is 10.4 Å². The summed E-state index contributed by atoms with van der Waals surface area (Å²) < 4.78 is 0.653. The first-order chi connectivity index (χ1) is 12.5. The summed E-state index contributed by atoms with van der Waals surface area (Å²) in [5.74, 6) is 0.502. The fraction of sp³-hybridized carbons (Fsp3) is 0.333. The van der Waals surface area contributed by atoms with Crippen molar-refractivity contribution in [2.45, 2.75) is 19.6 Å². The van der Waals surface area contributed by atoms with Crippen LogP contribution in [0.4, 0.5) is 0 Å². The number of aliphatic hydroxyl groups is 1. The first-order valence-corrected chi connectivity index (χ1v) is 9.49. The SMILES string of the molecule is CCNC(=NCc1ccc(C(=O)NC)cc1)NCC(O)c1ccc(Cl)s1. The van der Waals surface area contributed by atoms with Gasteiger partial charge in [0.05, 0.1) is 10.9 Å². The monoisotopic (exact) mass is 394 g/mol. The Hall–Kier alpha value is -2.09. The molecule has 2 rings (SSSR count). The molecule has 0 fully saturated rings. The summed E-state index contributed by atoms with van der Waals surface area (Å²) in [6.07, 6.45) is -0.650. The van der Waals surface area contributed by atoms with E-state index >= 15 is 0 Å².